The van der Waals surface area contributed by atoms with Crippen LogP contribution in [0.1, 0.15) is 15.9 Å². The number of benzene rings is 2. The Morgan fingerprint density at radius 1 is 1.00 bits per heavy atom. The van der Waals surface area contributed by atoms with Crippen LogP contribution in [0.5, 0.6) is 11.5 Å². The van der Waals surface area contributed by atoms with E-state index in [1.54, 1.807) is 0 Å². The topological polar surface area (TPSA) is 59.3 Å². The van der Waals surface area contributed by atoms with Crippen LogP contribution in [0, 0.1) is 11.3 Å². The van der Waals surface area contributed by atoms with E-state index in [0.29, 0.717) is 0 Å². The number of hydrogen-bond acceptors (Lipinski definition) is 4. The van der Waals surface area contributed by atoms with E-state index < -0.39 is 5.97 Å². The van der Waals surface area contributed by atoms with E-state index in [4.69, 9.17) is 61.1 Å². The maximum atomic E-state index is 12.4. The average molecular weight is 391 g/mol. The van der Waals surface area contributed by atoms with Gasteiger partial charge in [0.2, 0.25) is 0 Å². The van der Waals surface area contributed by atoms with Gasteiger partial charge in [-0.15, -0.1) is 0 Å². The highest BCUT2D eigenvalue weighted by atomic mass is 35.5. The summed E-state index contributed by atoms with van der Waals surface area (Å²) in [5.41, 5.74) is 0.177. The zero-order valence-electron chi connectivity index (χ0n) is 11.5. The summed E-state index contributed by atoms with van der Waals surface area (Å²) in [7, 11) is 1.34. The molecule has 0 unspecified atom stereocenters. The van der Waals surface area contributed by atoms with E-state index >= 15 is 0 Å². The number of hydrogen-bond donors (Lipinski definition) is 0. The molecule has 2 rings (SSSR count). The van der Waals surface area contributed by atoms with Crippen LogP contribution in [0.3, 0.4) is 0 Å². The molecule has 0 bridgehead atoms. The van der Waals surface area contributed by atoms with Gasteiger partial charge >= 0.3 is 5.97 Å². The quantitative estimate of drug-likeness (QED) is 0.520. The van der Waals surface area contributed by atoms with Gasteiger partial charge in [0.15, 0.2) is 11.5 Å². The second kappa shape index (κ2) is 7.29. The Bertz CT molecular complexity index is 807. The highest BCUT2D eigenvalue weighted by Crippen LogP contribution is 2.38. The molecule has 0 fully saturated rings. The molecule has 23 heavy (non-hydrogen) atoms. The highest BCUT2D eigenvalue weighted by molar-refractivity contribution is 6.38. The molecule has 0 saturated heterocycles. The third-order valence-corrected chi connectivity index (χ3v) is 3.96. The number of halogens is 4. The lowest BCUT2D eigenvalue weighted by Crippen LogP contribution is -2.12. The highest BCUT2D eigenvalue weighted by Gasteiger charge is 2.23. The largest absolute Gasteiger partial charge is 0.494 e. The smallest absolute Gasteiger partial charge is 0.349 e. The van der Waals surface area contributed by atoms with E-state index in [9.17, 15) is 4.79 Å². The summed E-state index contributed by atoms with van der Waals surface area (Å²) in [5, 5.41) is 9.17. The molecular formula is C15H7Cl4NO3. The molecule has 0 radical (unpaired) electrons. The van der Waals surface area contributed by atoms with Crippen LogP contribution in [0.15, 0.2) is 24.3 Å². The van der Waals surface area contributed by atoms with Crippen molar-refractivity contribution >= 4 is 52.4 Å². The molecule has 0 N–H and O–H groups in total. The minimum Gasteiger partial charge on any atom is -0.494 e. The van der Waals surface area contributed by atoms with Crippen molar-refractivity contribution in [3.63, 3.8) is 0 Å². The third-order valence-electron chi connectivity index (χ3n) is 2.79. The van der Waals surface area contributed by atoms with Gasteiger partial charge < -0.3 is 9.47 Å². The van der Waals surface area contributed by atoms with Gasteiger partial charge in [0, 0.05) is 0 Å². The molecule has 4 nitrogen and oxygen atoms in total. The summed E-state index contributed by atoms with van der Waals surface area (Å²) in [5.74, 6) is -0.858. The number of ether oxygens (including phenoxy) is 2. The fourth-order valence-electron chi connectivity index (χ4n) is 1.79. The zero-order chi connectivity index (χ0) is 17.1. The Labute approximate surface area is 152 Å². The summed E-state index contributed by atoms with van der Waals surface area (Å²) in [6.07, 6.45) is 0. The van der Waals surface area contributed by atoms with Crippen molar-refractivity contribution in [3.05, 3.63) is 55.5 Å². The van der Waals surface area contributed by atoms with Crippen LogP contribution in [0.4, 0.5) is 0 Å². The van der Waals surface area contributed by atoms with Gasteiger partial charge in [-0.05, 0) is 24.3 Å². The number of rotatable bonds is 3. The van der Waals surface area contributed by atoms with Crippen molar-refractivity contribution in [1.82, 2.24) is 0 Å². The average Bonchev–Trinajstić information content (AvgIpc) is 2.52. The molecule has 0 atom stereocenters. The first-order valence-corrected chi connectivity index (χ1v) is 7.53. The zero-order valence-corrected chi connectivity index (χ0v) is 14.5. The first-order chi connectivity index (χ1) is 10.9. The second-order valence-corrected chi connectivity index (χ2v) is 5.84. The Balaban J connectivity index is 2.46. The molecule has 118 valence electrons. The fourth-order valence-corrected chi connectivity index (χ4v) is 2.81. The molecule has 0 aliphatic carbocycles. The lowest BCUT2D eigenvalue weighted by atomic mass is 10.2. The van der Waals surface area contributed by atoms with Crippen molar-refractivity contribution in [2.75, 3.05) is 7.11 Å². The van der Waals surface area contributed by atoms with Crippen molar-refractivity contribution in [2.24, 2.45) is 0 Å². The first kappa shape index (κ1) is 17.7. The van der Waals surface area contributed by atoms with E-state index in [1.807, 2.05) is 6.07 Å². The monoisotopic (exact) mass is 389 g/mol. The number of nitrogens with zero attached hydrogens (tertiary/aromatic N) is 1. The Hall–Kier alpha value is -1.64. The van der Waals surface area contributed by atoms with Gasteiger partial charge in [0.05, 0.1) is 38.8 Å². The normalized spacial score (nSPS) is 10.1. The van der Waals surface area contributed by atoms with Crippen molar-refractivity contribution in [3.8, 4) is 17.6 Å². The van der Waals surface area contributed by atoms with Gasteiger partial charge in [-0.25, -0.2) is 4.79 Å². The summed E-state index contributed by atoms with van der Waals surface area (Å²) >= 11 is 24.0. The number of nitriles is 1. The molecule has 0 aromatic heterocycles. The number of methoxy groups -OCH3 is 1. The molecule has 0 heterocycles. The minimum absolute atomic E-state index is 0.0134. The molecule has 0 aliphatic heterocycles. The number of carbonyl (C=O) groups excluding carboxylic acids is 1. The number of carbonyl (C=O) groups is 1. The van der Waals surface area contributed by atoms with Crippen molar-refractivity contribution in [2.45, 2.75) is 0 Å². The summed E-state index contributed by atoms with van der Waals surface area (Å²) in [6, 6.07) is 7.46. The Morgan fingerprint density at radius 2 is 1.57 bits per heavy atom. The van der Waals surface area contributed by atoms with Crippen LogP contribution >= 0.6 is 46.4 Å². The molecule has 0 aliphatic rings. The lowest BCUT2D eigenvalue weighted by molar-refractivity contribution is 0.0731. The van der Waals surface area contributed by atoms with Crippen molar-refractivity contribution in [1.29, 1.82) is 5.26 Å². The van der Waals surface area contributed by atoms with Gasteiger partial charge in [0.1, 0.15) is 5.56 Å². The maximum Gasteiger partial charge on any atom is 0.349 e. The Kier molecular flexibility index (Phi) is 5.61. The molecule has 2 aromatic rings. The predicted molar refractivity (Wildman–Crippen MR) is 89.1 cm³/mol. The van der Waals surface area contributed by atoms with E-state index in [0.717, 1.165) is 0 Å². The predicted octanol–water partition coefficient (Wildman–Crippen LogP) is 5.40. The van der Waals surface area contributed by atoms with E-state index in [-0.39, 0.29) is 42.7 Å². The van der Waals surface area contributed by atoms with Gasteiger partial charge in [-0.3, -0.25) is 0 Å². The third kappa shape index (κ3) is 3.65. The molecule has 0 saturated carbocycles. The van der Waals surface area contributed by atoms with Crippen LogP contribution in [-0.2, 0) is 0 Å². The lowest BCUT2D eigenvalue weighted by Gasteiger charge is -2.13. The van der Waals surface area contributed by atoms with E-state index in [2.05, 4.69) is 0 Å². The van der Waals surface area contributed by atoms with Crippen LogP contribution < -0.4 is 9.47 Å². The van der Waals surface area contributed by atoms with Crippen molar-refractivity contribution < 1.29 is 14.3 Å². The first-order valence-electron chi connectivity index (χ1n) is 6.02. The molecule has 0 spiro atoms. The SMILES string of the molecule is COc1c(Cl)ccc(Cl)c1C(=O)Oc1c(Cl)cc(C#N)cc1Cl. The summed E-state index contributed by atoms with van der Waals surface area (Å²) in [6.45, 7) is 0. The minimum atomic E-state index is -0.845. The maximum absolute atomic E-state index is 12.4. The summed E-state index contributed by atoms with van der Waals surface area (Å²) in [4.78, 5) is 12.4. The molecule has 2 aromatic carbocycles. The van der Waals surface area contributed by atoms with Gasteiger partial charge in [-0.1, -0.05) is 46.4 Å². The van der Waals surface area contributed by atoms with Crippen LogP contribution in [0.25, 0.3) is 0 Å². The summed E-state index contributed by atoms with van der Waals surface area (Å²) < 4.78 is 10.3. The molecular weight excluding hydrogens is 384 g/mol. The standard InChI is InChI=1S/C15H7Cl4NO3/c1-22-14-9(17)3-2-8(16)12(14)15(21)23-13-10(18)4-7(6-20)5-11(13)19/h2-5H,1H3. The molecule has 0 amide bonds. The fraction of sp³-hybridized carbons (Fsp3) is 0.0667. The van der Waals surface area contributed by atoms with Crippen LogP contribution in [0.2, 0.25) is 20.1 Å². The number of esters is 1. The van der Waals surface area contributed by atoms with Gasteiger partial charge in [0.25, 0.3) is 0 Å². The van der Waals surface area contributed by atoms with Crippen LogP contribution in [-0.4, -0.2) is 13.1 Å². The van der Waals surface area contributed by atoms with Gasteiger partial charge in [-0.2, -0.15) is 5.26 Å². The Morgan fingerprint density at radius 3 is 2.09 bits per heavy atom. The second-order valence-electron chi connectivity index (χ2n) is 4.21. The molecule has 8 heteroatoms. The van der Waals surface area contributed by atoms with E-state index in [1.165, 1.54) is 31.4 Å².